The highest BCUT2D eigenvalue weighted by molar-refractivity contribution is 5.94. The summed E-state index contributed by atoms with van der Waals surface area (Å²) in [5, 5.41) is 13.4. The van der Waals surface area contributed by atoms with E-state index in [-0.39, 0.29) is 35.3 Å². The first kappa shape index (κ1) is 18.5. The largest absolute Gasteiger partial charge is 0.508 e. The van der Waals surface area contributed by atoms with Crippen molar-refractivity contribution in [2.24, 2.45) is 5.41 Å². The van der Waals surface area contributed by atoms with E-state index >= 15 is 0 Å². The molecule has 4 nitrogen and oxygen atoms in total. The molecule has 1 aliphatic rings. The molecule has 0 aliphatic carbocycles. The Labute approximate surface area is 155 Å². The van der Waals surface area contributed by atoms with Crippen LogP contribution in [-0.2, 0) is 4.74 Å². The highest BCUT2D eigenvalue weighted by Crippen LogP contribution is 2.40. The maximum atomic E-state index is 12.6. The highest BCUT2D eigenvalue weighted by atomic mass is 16.5. The Bertz CT molecular complexity index is 751. The maximum Gasteiger partial charge on any atom is 0.251 e. The molecule has 0 saturated carbocycles. The van der Waals surface area contributed by atoms with Crippen LogP contribution >= 0.6 is 0 Å². The first-order chi connectivity index (χ1) is 12.3. The molecule has 0 aromatic heterocycles. The number of phenolic OH excluding ortho intramolecular Hbond substituents is 1. The molecule has 3 atom stereocenters. The molecule has 1 aliphatic heterocycles. The standard InChI is InChI=1S/C22H27NO3/c1-22(2,3)20-14-16(23-21(25)15-9-5-4-6-10-15)13-19(26-20)17-11-7-8-12-18(17)24/h4-12,16,19-20,24H,13-14H2,1-3H3,(H,23,25)/t16-,19-,20+/m0/s1. The van der Waals surface area contributed by atoms with E-state index in [9.17, 15) is 9.90 Å². The van der Waals surface area contributed by atoms with E-state index in [0.29, 0.717) is 12.0 Å². The third-order valence-electron chi connectivity index (χ3n) is 4.95. The monoisotopic (exact) mass is 353 g/mol. The number of hydrogen-bond donors (Lipinski definition) is 2. The van der Waals surface area contributed by atoms with Crippen LogP contribution in [0.3, 0.4) is 0 Å². The molecular formula is C22H27NO3. The summed E-state index contributed by atoms with van der Waals surface area (Å²) in [5.74, 6) is 0.168. The topological polar surface area (TPSA) is 58.6 Å². The summed E-state index contributed by atoms with van der Waals surface area (Å²) in [6, 6.07) is 16.5. The van der Waals surface area contributed by atoms with Gasteiger partial charge in [0.25, 0.3) is 5.91 Å². The molecule has 1 amide bonds. The molecule has 4 heteroatoms. The number of para-hydroxylation sites is 1. The van der Waals surface area contributed by atoms with Crippen LogP contribution in [0.4, 0.5) is 0 Å². The summed E-state index contributed by atoms with van der Waals surface area (Å²) in [4.78, 5) is 12.6. The molecule has 1 fully saturated rings. The van der Waals surface area contributed by atoms with Gasteiger partial charge in [0.05, 0.1) is 12.2 Å². The van der Waals surface area contributed by atoms with Gasteiger partial charge in [0.15, 0.2) is 0 Å². The Kier molecular flexibility index (Phi) is 5.33. The summed E-state index contributed by atoms with van der Waals surface area (Å²) in [5.41, 5.74) is 1.38. The lowest BCUT2D eigenvalue weighted by atomic mass is 9.81. The molecule has 0 spiro atoms. The number of hydrogen-bond acceptors (Lipinski definition) is 3. The third kappa shape index (κ3) is 4.25. The number of carbonyl (C=O) groups is 1. The minimum atomic E-state index is -0.241. The average molecular weight is 353 g/mol. The predicted molar refractivity (Wildman–Crippen MR) is 102 cm³/mol. The van der Waals surface area contributed by atoms with Crippen molar-refractivity contribution >= 4 is 5.91 Å². The van der Waals surface area contributed by atoms with E-state index in [1.807, 2.05) is 42.5 Å². The van der Waals surface area contributed by atoms with Crippen molar-refractivity contribution in [3.8, 4) is 5.75 Å². The molecule has 138 valence electrons. The number of ether oxygens (including phenoxy) is 1. The number of rotatable bonds is 3. The Morgan fingerprint density at radius 2 is 1.69 bits per heavy atom. The summed E-state index contributed by atoms with van der Waals surface area (Å²) >= 11 is 0. The van der Waals surface area contributed by atoms with E-state index < -0.39 is 0 Å². The number of aromatic hydroxyl groups is 1. The van der Waals surface area contributed by atoms with Crippen molar-refractivity contribution in [2.45, 2.75) is 51.9 Å². The number of benzene rings is 2. The fourth-order valence-electron chi connectivity index (χ4n) is 3.42. The molecule has 1 saturated heterocycles. The normalized spacial score (nSPS) is 23.4. The summed E-state index contributed by atoms with van der Waals surface area (Å²) in [6.07, 6.45) is 1.15. The lowest BCUT2D eigenvalue weighted by molar-refractivity contribution is -0.109. The van der Waals surface area contributed by atoms with Crippen molar-refractivity contribution in [1.29, 1.82) is 0 Å². The van der Waals surface area contributed by atoms with E-state index in [1.165, 1.54) is 0 Å². The maximum absolute atomic E-state index is 12.6. The lowest BCUT2D eigenvalue weighted by Crippen LogP contribution is -2.46. The lowest BCUT2D eigenvalue weighted by Gasteiger charge is -2.42. The zero-order valence-electron chi connectivity index (χ0n) is 15.6. The molecular weight excluding hydrogens is 326 g/mol. The van der Waals surface area contributed by atoms with Crippen LogP contribution in [0.25, 0.3) is 0 Å². The van der Waals surface area contributed by atoms with Crippen LogP contribution in [-0.4, -0.2) is 23.2 Å². The van der Waals surface area contributed by atoms with Gasteiger partial charge in [-0.15, -0.1) is 0 Å². The SMILES string of the molecule is CC(C)(C)[C@H]1C[C@@H](NC(=O)c2ccccc2)C[C@@H](c2ccccc2O)O1. The Balaban J connectivity index is 1.81. The third-order valence-corrected chi connectivity index (χ3v) is 4.95. The molecule has 1 heterocycles. The van der Waals surface area contributed by atoms with Gasteiger partial charge in [-0.1, -0.05) is 57.2 Å². The summed E-state index contributed by atoms with van der Waals surface area (Å²) in [7, 11) is 0. The Morgan fingerprint density at radius 1 is 1.04 bits per heavy atom. The minimum Gasteiger partial charge on any atom is -0.508 e. The van der Waals surface area contributed by atoms with Crippen LogP contribution in [0.5, 0.6) is 5.75 Å². The molecule has 2 aromatic carbocycles. The van der Waals surface area contributed by atoms with Crippen LogP contribution in [0, 0.1) is 5.41 Å². The fourth-order valence-corrected chi connectivity index (χ4v) is 3.42. The van der Waals surface area contributed by atoms with Crippen molar-refractivity contribution in [1.82, 2.24) is 5.32 Å². The van der Waals surface area contributed by atoms with Crippen molar-refractivity contribution in [3.63, 3.8) is 0 Å². The molecule has 0 radical (unpaired) electrons. The van der Waals surface area contributed by atoms with Gasteiger partial charge in [-0.25, -0.2) is 0 Å². The van der Waals surface area contributed by atoms with Crippen LogP contribution in [0.2, 0.25) is 0 Å². The molecule has 0 bridgehead atoms. The van der Waals surface area contributed by atoms with Crippen molar-refractivity contribution in [3.05, 3.63) is 65.7 Å². The van der Waals surface area contributed by atoms with Gasteiger partial charge in [-0.2, -0.15) is 0 Å². The van der Waals surface area contributed by atoms with Gasteiger partial charge >= 0.3 is 0 Å². The zero-order valence-corrected chi connectivity index (χ0v) is 15.6. The van der Waals surface area contributed by atoms with Gasteiger partial charge in [-0.05, 0) is 36.5 Å². The number of carbonyl (C=O) groups excluding carboxylic acids is 1. The predicted octanol–water partition coefficient (Wildman–Crippen LogP) is 4.46. The quantitative estimate of drug-likeness (QED) is 0.857. The van der Waals surface area contributed by atoms with E-state index in [4.69, 9.17) is 4.74 Å². The molecule has 2 aromatic rings. The second-order valence-corrected chi connectivity index (χ2v) is 8.05. The van der Waals surface area contributed by atoms with Crippen molar-refractivity contribution in [2.75, 3.05) is 0 Å². The summed E-state index contributed by atoms with van der Waals surface area (Å²) < 4.78 is 6.32. The van der Waals surface area contributed by atoms with Gasteiger partial charge in [0, 0.05) is 17.2 Å². The molecule has 3 rings (SSSR count). The number of nitrogens with one attached hydrogen (secondary N) is 1. The first-order valence-corrected chi connectivity index (χ1v) is 9.14. The smallest absolute Gasteiger partial charge is 0.251 e. The Hall–Kier alpha value is -2.33. The highest BCUT2D eigenvalue weighted by Gasteiger charge is 2.38. The summed E-state index contributed by atoms with van der Waals surface area (Å²) in [6.45, 7) is 6.42. The average Bonchev–Trinajstić information content (AvgIpc) is 2.62. The van der Waals surface area contributed by atoms with Crippen LogP contribution in [0.15, 0.2) is 54.6 Å². The van der Waals surface area contributed by atoms with Gasteiger partial charge in [0.1, 0.15) is 5.75 Å². The number of amides is 1. The second kappa shape index (κ2) is 7.50. The van der Waals surface area contributed by atoms with Crippen molar-refractivity contribution < 1.29 is 14.6 Å². The Morgan fingerprint density at radius 3 is 2.35 bits per heavy atom. The minimum absolute atomic E-state index is 0.00899. The molecule has 26 heavy (non-hydrogen) atoms. The van der Waals surface area contributed by atoms with E-state index in [0.717, 1.165) is 12.0 Å². The van der Waals surface area contributed by atoms with E-state index in [2.05, 4.69) is 26.1 Å². The fraction of sp³-hybridized carbons (Fsp3) is 0.409. The molecule has 2 N–H and O–H groups in total. The zero-order chi connectivity index (χ0) is 18.7. The van der Waals surface area contributed by atoms with E-state index in [1.54, 1.807) is 12.1 Å². The van der Waals surface area contributed by atoms with Crippen LogP contribution < -0.4 is 5.32 Å². The number of phenols is 1. The first-order valence-electron chi connectivity index (χ1n) is 9.14. The van der Waals surface area contributed by atoms with Gasteiger partial charge in [0.2, 0.25) is 0 Å². The van der Waals surface area contributed by atoms with Gasteiger partial charge in [-0.3, -0.25) is 4.79 Å². The molecule has 0 unspecified atom stereocenters. The van der Waals surface area contributed by atoms with Crippen LogP contribution in [0.1, 0.15) is 55.6 Å². The second-order valence-electron chi connectivity index (χ2n) is 8.05. The van der Waals surface area contributed by atoms with Gasteiger partial charge < -0.3 is 15.2 Å².